The van der Waals surface area contributed by atoms with Crippen molar-refractivity contribution in [2.45, 2.75) is 63.7 Å². The summed E-state index contributed by atoms with van der Waals surface area (Å²) in [5.74, 6) is -2.86. The van der Waals surface area contributed by atoms with Gasteiger partial charge in [0.05, 0.1) is 6.04 Å². The topological polar surface area (TPSA) is 187 Å². The molecule has 4 rings (SSSR count). The molecule has 3 amide bonds. The van der Waals surface area contributed by atoms with E-state index in [0.717, 1.165) is 22.0 Å². The molecule has 0 bridgehead atoms. The molecule has 8 N–H and O–H groups in total. The minimum atomic E-state index is -1.31. The fraction of sp³-hybridized carbons (Fsp3) is 0.314. The molecule has 1 heterocycles. The molecule has 46 heavy (non-hydrogen) atoms. The zero-order valence-electron chi connectivity index (χ0n) is 25.9. The summed E-state index contributed by atoms with van der Waals surface area (Å²) in [4.78, 5) is 56.1. The van der Waals surface area contributed by atoms with Crippen LogP contribution < -0.4 is 21.7 Å². The second-order valence-electron chi connectivity index (χ2n) is 11.9. The molecule has 0 saturated carbocycles. The number of amides is 3. The number of rotatable bonds is 15. The first kappa shape index (κ1) is 33.7. The molecule has 242 valence electrons. The Morgan fingerprint density at radius 3 is 1.91 bits per heavy atom. The Bertz CT molecular complexity index is 1640. The van der Waals surface area contributed by atoms with Gasteiger partial charge in [0, 0.05) is 36.4 Å². The van der Waals surface area contributed by atoms with Crippen LogP contribution >= 0.6 is 0 Å². The van der Waals surface area contributed by atoms with E-state index < -0.39 is 47.9 Å². The highest BCUT2D eigenvalue weighted by molar-refractivity contribution is 5.95. The fourth-order valence-corrected chi connectivity index (χ4v) is 5.29. The Labute approximate surface area is 267 Å². The van der Waals surface area contributed by atoms with Gasteiger partial charge in [-0.25, -0.2) is 4.79 Å². The first-order valence-electron chi connectivity index (χ1n) is 15.3. The lowest BCUT2D eigenvalue weighted by molar-refractivity contribution is -0.142. The van der Waals surface area contributed by atoms with Gasteiger partial charge < -0.3 is 36.9 Å². The van der Waals surface area contributed by atoms with Gasteiger partial charge in [0.2, 0.25) is 17.7 Å². The lowest BCUT2D eigenvalue weighted by Gasteiger charge is -2.26. The van der Waals surface area contributed by atoms with Crippen LogP contribution in [0, 0.1) is 5.92 Å². The summed E-state index contributed by atoms with van der Waals surface area (Å²) in [6.07, 6.45) is 2.32. The van der Waals surface area contributed by atoms with Crippen molar-refractivity contribution in [2.24, 2.45) is 11.7 Å². The summed E-state index contributed by atoms with van der Waals surface area (Å²) >= 11 is 0. The number of nitrogens with one attached hydrogen (secondary N) is 4. The number of carbonyl (C=O) groups excluding carboxylic acids is 3. The van der Waals surface area contributed by atoms with E-state index in [1.807, 2.05) is 68.4 Å². The van der Waals surface area contributed by atoms with Crippen molar-refractivity contribution in [1.82, 2.24) is 20.9 Å². The third-order valence-electron chi connectivity index (χ3n) is 7.70. The number of aromatic hydroxyl groups is 1. The quantitative estimate of drug-likeness (QED) is 0.106. The highest BCUT2D eigenvalue weighted by Gasteiger charge is 2.31. The van der Waals surface area contributed by atoms with Gasteiger partial charge >= 0.3 is 5.97 Å². The van der Waals surface area contributed by atoms with Crippen LogP contribution in [0.15, 0.2) is 85.1 Å². The molecule has 11 nitrogen and oxygen atoms in total. The second-order valence-corrected chi connectivity index (χ2v) is 11.9. The molecule has 0 saturated heterocycles. The normalized spacial score (nSPS) is 13.8. The van der Waals surface area contributed by atoms with E-state index in [0.29, 0.717) is 12.0 Å². The highest BCUT2D eigenvalue weighted by atomic mass is 16.4. The molecule has 4 aromatic rings. The van der Waals surface area contributed by atoms with Gasteiger partial charge in [-0.05, 0) is 47.2 Å². The number of aliphatic carboxylic acids is 1. The number of phenolic OH excluding ortho intramolecular Hbond substituents is 1. The maximum absolute atomic E-state index is 13.9. The number of fused-ring (bicyclic) bond motifs is 1. The first-order chi connectivity index (χ1) is 22.0. The number of aromatic nitrogens is 1. The Hall–Kier alpha value is -5.16. The predicted molar refractivity (Wildman–Crippen MR) is 175 cm³/mol. The molecule has 0 spiro atoms. The average molecular weight is 628 g/mol. The van der Waals surface area contributed by atoms with E-state index in [4.69, 9.17) is 5.73 Å². The third-order valence-corrected chi connectivity index (χ3v) is 7.70. The minimum Gasteiger partial charge on any atom is -0.508 e. The van der Waals surface area contributed by atoms with Crippen molar-refractivity contribution in [3.63, 3.8) is 0 Å². The Kier molecular flexibility index (Phi) is 11.5. The molecule has 3 aromatic carbocycles. The molecular weight excluding hydrogens is 586 g/mol. The van der Waals surface area contributed by atoms with Crippen LogP contribution in [0.1, 0.15) is 37.0 Å². The summed E-state index contributed by atoms with van der Waals surface area (Å²) < 4.78 is 0. The van der Waals surface area contributed by atoms with Crippen LogP contribution in [0.25, 0.3) is 10.9 Å². The van der Waals surface area contributed by atoms with Gasteiger partial charge in [0.1, 0.15) is 23.9 Å². The number of benzene rings is 3. The Morgan fingerprint density at radius 2 is 1.26 bits per heavy atom. The second kappa shape index (κ2) is 15.7. The maximum atomic E-state index is 13.9. The SMILES string of the molecule is CC(C)CC(N)C(=O)NC(Cc1ccccc1)C(=O)NC(Cc1c[nH]c2ccccc12)C(=O)NC(Cc1ccc(O)cc1)C(=O)O. The summed E-state index contributed by atoms with van der Waals surface area (Å²) in [5, 5.41) is 28.5. The summed E-state index contributed by atoms with van der Waals surface area (Å²) in [7, 11) is 0. The number of hydrogen-bond acceptors (Lipinski definition) is 6. The minimum absolute atomic E-state index is 0.0310. The molecule has 0 aliphatic carbocycles. The average Bonchev–Trinajstić information content (AvgIpc) is 3.43. The van der Waals surface area contributed by atoms with Crippen molar-refractivity contribution in [3.8, 4) is 5.75 Å². The van der Waals surface area contributed by atoms with E-state index in [1.165, 1.54) is 12.1 Å². The zero-order valence-corrected chi connectivity index (χ0v) is 25.9. The molecule has 11 heteroatoms. The van der Waals surface area contributed by atoms with Crippen molar-refractivity contribution in [3.05, 3.63) is 102 Å². The molecule has 0 aliphatic rings. The lowest BCUT2D eigenvalue weighted by Crippen LogP contribution is -2.58. The monoisotopic (exact) mass is 627 g/mol. The predicted octanol–water partition coefficient (Wildman–Crippen LogP) is 2.81. The smallest absolute Gasteiger partial charge is 0.326 e. The zero-order chi connectivity index (χ0) is 33.2. The standard InChI is InChI=1S/C35H41N5O6/c1-21(2)16-27(36)32(42)38-29(17-22-8-4-3-5-9-22)33(43)39-30(19-24-20-37-28-11-7-6-10-26(24)28)34(44)40-31(35(45)46)18-23-12-14-25(41)15-13-23/h3-15,20-21,27,29-31,37,41H,16-19,36H2,1-2H3,(H,38,42)(H,39,43)(H,40,44)(H,45,46). The number of carboxylic acid groups (broad SMARTS) is 1. The number of aromatic amines is 1. The van der Waals surface area contributed by atoms with E-state index in [9.17, 15) is 29.4 Å². The van der Waals surface area contributed by atoms with Gasteiger partial charge in [0.25, 0.3) is 0 Å². The molecule has 0 aliphatic heterocycles. The van der Waals surface area contributed by atoms with Crippen molar-refractivity contribution < 1.29 is 29.4 Å². The van der Waals surface area contributed by atoms with Crippen molar-refractivity contribution in [2.75, 3.05) is 0 Å². The van der Waals surface area contributed by atoms with Crippen LogP contribution in [0.5, 0.6) is 5.75 Å². The van der Waals surface area contributed by atoms with E-state index in [1.54, 1.807) is 18.3 Å². The maximum Gasteiger partial charge on any atom is 0.326 e. The Morgan fingerprint density at radius 1 is 0.717 bits per heavy atom. The van der Waals surface area contributed by atoms with Crippen LogP contribution in [0.4, 0.5) is 0 Å². The third kappa shape index (κ3) is 9.42. The number of carbonyl (C=O) groups is 4. The van der Waals surface area contributed by atoms with Crippen molar-refractivity contribution >= 4 is 34.6 Å². The van der Waals surface area contributed by atoms with Gasteiger partial charge in [-0.15, -0.1) is 0 Å². The molecule has 1 aromatic heterocycles. The van der Waals surface area contributed by atoms with E-state index in [2.05, 4.69) is 20.9 Å². The highest BCUT2D eigenvalue weighted by Crippen LogP contribution is 2.20. The number of hydrogen-bond donors (Lipinski definition) is 7. The number of carboxylic acids is 1. The number of para-hydroxylation sites is 1. The van der Waals surface area contributed by atoms with Crippen LogP contribution in [-0.2, 0) is 38.4 Å². The van der Waals surface area contributed by atoms with Gasteiger partial charge in [-0.2, -0.15) is 0 Å². The fourth-order valence-electron chi connectivity index (χ4n) is 5.29. The van der Waals surface area contributed by atoms with E-state index in [-0.39, 0.29) is 30.9 Å². The number of nitrogens with two attached hydrogens (primary N) is 1. The van der Waals surface area contributed by atoms with Gasteiger partial charge in [-0.1, -0.05) is 74.5 Å². The lowest BCUT2D eigenvalue weighted by atomic mass is 10.00. The van der Waals surface area contributed by atoms with Crippen LogP contribution in [0.3, 0.4) is 0 Å². The summed E-state index contributed by atoms with van der Waals surface area (Å²) in [6.45, 7) is 3.89. The Balaban J connectivity index is 1.60. The summed E-state index contributed by atoms with van der Waals surface area (Å²) in [5.41, 5.74) is 9.08. The molecule has 4 atom stereocenters. The van der Waals surface area contributed by atoms with E-state index >= 15 is 0 Å². The number of H-pyrrole nitrogens is 1. The molecule has 0 radical (unpaired) electrons. The molecule has 0 fully saturated rings. The molecule has 4 unspecified atom stereocenters. The largest absolute Gasteiger partial charge is 0.508 e. The van der Waals surface area contributed by atoms with Crippen molar-refractivity contribution in [1.29, 1.82) is 0 Å². The summed E-state index contributed by atoms with van der Waals surface area (Å²) in [6, 6.07) is 18.3. The first-order valence-corrected chi connectivity index (χ1v) is 15.3. The van der Waals surface area contributed by atoms with Gasteiger partial charge in [0.15, 0.2) is 0 Å². The van der Waals surface area contributed by atoms with Crippen LogP contribution in [-0.4, -0.2) is 63.1 Å². The molecular formula is C35H41N5O6. The van der Waals surface area contributed by atoms with Gasteiger partial charge in [-0.3, -0.25) is 14.4 Å². The number of phenols is 1. The van der Waals surface area contributed by atoms with Crippen LogP contribution in [0.2, 0.25) is 0 Å².